The highest BCUT2D eigenvalue weighted by molar-refractivity contribution is 7.99. The molecule has 1 saturated heterocycles. The molecule has 25 heavy (non-hydrogen) atoms. The van der Waals surface area contributed by atoms with Crippen molar-refractivity contribution >= 4 is 41.7 Å². The van der Waals surface area contributed by atoms with E-state index < -0.39 is 11.5 Å². The Hall–Kier alpha value is -1.24. The lowest BCUT2D eigenvalue weighted by Gasteiger charge is -2.29. The van der Waals surface area contributed by atoms with E-state index in [2.05, 4.69) is 17.6 Å². The predicted octanol–water partition coefficient (Wildman–Crippen LogP) is 3.10. The van der Waals surface area contributed by atoms with Crippen LogP contribution in [-0.4, -0.2) is 40.9 Å². The molecule has 0 bridgehead atoms. The quantitative estimate of drug-likeness (QED) is 0.817. The molecular weight excluding hydrogens is 358 g/mol. The monoisotopic (exact) mass is 385 g/mol. The number of rotatable bonds is 5. The minimum absolute atomic E-state index is 0. The van der Waals surface area contributed by atoms with Crippen molar-refractivity contribution in [3.05, 3.63) is 29.8 Å². The Kier molecular flexibility index (Phi) is 8.25. The van der Waals surface area contributed by atoms with Gasteiger partial charge in [-0.25, -0.2) is 0 Å². The van der Waals surface area contributed by atoms with Crippen LogP contribution < -0.4 is 10.6 Å². The first-order valence-corrected chi connectivity index (χ1v) is 9.47. The number of halogens is 1. The zero-order chi connectivity index (χ0) is 17.7. The Morgan fingerprint density at radius 2 is 2.04 bits per heavy atom. The van der Waals surface area contributed by atoms with Crippen LogP contribution in [0.2, 0.25) is 0 Å². The lowest BCUT2D eigenvalue weighted by Crippen LogP contribution is -2.48. The van der Waals surface area contributed by atoms with Gasteiger partial charge >= 0.3 is 0 Å². The molecule has 0 aromatic heterocycles. The molecule has 1 aromatic rings. The lowest BCUT2D eigenvalue weighted by atomic mass is 9.94. The number of amides is 2. The smallest absolute Gasteiger partial charge is 0.248 e. The van der Waals surface area contributed by atoms with Crippen molar-refractivity contribution in [1.82, 2.24) is 10.2 Å². The molecule has 2 amide bonds. The van der Waals surface area contributed by atoms with E-state index in [0.717, 1.165) is 24.3 Å². The highest BCUT2D eigenvalue weighted by atomic mass is 35.5. The molecule has 0 spiro atoms. The van der Waals surface area contributed by atoms with Crippen molar-refractivity contribution in [2.24, 2.45) is 5.41 Å². The Morgan fingerprint density at radius 3 is 2.68 bits per heavy atom. The van der Waals surface area contributed by atoms with Gasteiger partial charge in [-0.05, 0) is 24.2 Å². The maximum Gasteiger partial charge on any atom is 0.248 e. The first kappa shape index (κ1) is 21.8. The number of carbonyl (C=O) groups is 2. The van der Waals surface area contributed by atoms with Crippen LogP contribution in [0, 0.1) is 5.41 Å². The molecule has 7 heteroatoms. The average Bonchev–Trinajstić information content (AvgIpc) is 3.01. The highest BCUT2D eigenvalue weighted by Crippen LogP contribution is 2.28. The Balaban J connectivity index is 0.00000312. The first-order chi connectivity index (χ1) is 11.3. The Morgan fingerprint density at radius 1 is 1.32 bits per heavy atom. The molecule has 0 radical (unpaired) electrons. The summed E-state index contributed by atoms with van der Waals surface area (Å²) in [6, 6.07) is 7.41. The summed E-state index contributed by atoms with van der Waals surface area (Å²) in [6.07, 6.45) is 0. The van der Waals surface area contributed by atoms with Crippen molar-refractivity contribution in [3.63, 3.8) is 0 Å². The summed E-state index contributed by atoms with van der Waals surface area (Å²) in [4.78, 5) is 26.9. The Labute approximate surface area is 160 Å². The van der Waals surface area contributed by atoms with Gasteiger partial charge in [0.1, 0.15) is 6.04 Å². The second-order valence-electron chi connectivity index (χ2n) is 7.01. The van der Waals surface area contributed by atoms with Crippen LogP contribution in [0.15, 0.2) is 24.3 Å². The minimum atomic E-state index is -0.477. The third-order valence-corrected chi connectivity index (χ3v) is 4.87. The Bertz CT molecular complexity index is 604. The third kappa shape index (κ3) is 5.90. The number of thioether (sulfide) groups is 1. The molecule has 1 unspecified atom stereocenters. The van der Waals surface area contributed by atoms with E-state index in [1.807, 2.05) is 45.0 Å². The van der Waals surface area contributed by atoms with E-state index in [1.54, 1.807) is 16.7 Å². The van der Waals surface area contributed by atoms with E-state index in [0.29, 0.717) is 11.6 Å². The fourth-order valence-electron chi connectivity index (χ4n) is 2.54. The largest absolute Gasteiger partial charge is 0.324 e. The summed E-state index contributed by atoms with van der Waals surface area (Å²) in [5, 5.41) is 6.23. The van der Waals surface area contributed by atoms with Crippen LogP contribution in [0.5, 0.6) is 0 Å². The van der Waals surface area contributed by atoms with Gasteiger partial charge in [-0.15, -0.1) is 24.2 Å². The number of hydrogen-bond donors (Lipinski definition) is 2. The van der Waals surface area contributed by atoms with Gasteiger partial charge in [0.25, 0.3) is 0 Å². The number of carbonyl (C=O) groups excluding carboxylic acids is 2. The van der Waals surface area contributed by atoms with Gasteiger partial charge in [-0.2, -0.15) is 0 Å². The highest BCUT2D eigenvalue weighted by Gasteiger charge is 2.38. The van der Waals surface area contributed by atoms with Crippen LogP contribution in [-0.2, 0) is 16.1 Å². The van der Waals surface area contributed by atoms with E-state index in [1.165, 1.54) is 0 Å². The molecule has 5 nitrogen and oxygen atoms in total. The summed E-state index contributed by atoms with van der Waals surface area (Å²) in [5.41, 5.74) is 1.42. The minimum Gasteiger partial charge on any atom is -0.324 e. The standard InChI is InChI=1S/C18H27N3O2S.ClH/c1-5-19-10-13-7-6-8-14(9-13)20-16(22)15-11-24-12-21(15)17(23)18(2,3)4;/h6-9,15,19H,5,10-12H2,1-4H3,(H,20,22);1H. The number of nitrogens with one attached hydrogen (secondary N) is 2. The molecule has 0 saturated carbocycles. The third-order valence-electron chi connectivity index (χ3n) is 3.86. The molecule has 140 valence electrons. The maximum atomic E-state index is 12.6. The zero-order valence-corrected chi connectivity index (χ0v) is 16.9. The fraction of sp³-hybridized carbons (Fsp3) is 0.556. The second-order valence-corrected chi connectivity index (χ2v) is 8.01. The van der Waals surface area contributed by atoms with Crippen molar-refractivity contribution < 1.29 is 9.59 Å². The summed E-state index contributed by atoms with van der Waals surface area (Å²) in [5.74, 6) is 1.13. The SMILES string of the molecule is CCNCc1cccc(NC(=O)C2CSCN2C(=O)C(C)(C)C)c1.Cl. The lowest BCUT2D eigenvalue weighted by molar-refractivity contribution is -0.143. The number of nitrogens with zero attached hydrogens (tertiary/aromatic N) is 1. The summed E-state index contributed by atoms with van der Waals surface area (Å²) in [6.45, 7) is 9.39. The summed E-state index contributed by atoms with van der Waals surface area (Å²) in [7, 11) is 0. The molecule has 2 N–H and O–H groups in total. The number of benzene rings is 1. The molecular formula is C18H28ClN3O2S. The normalized spacial score (nSPS) is 17.1. The van der Waals surface area contributed by atoms with E-state index in [4.69, 9.17) is 0 Å². The van der Waals surface area contributed by atoms with Gasteiger partial charge in [0.15, 0.2) is 0 Å². The van der Waals surface area contributed by atoms with Crippen molar-refractivity contribution in [2.75, 3.05) is 23.5 Å². The predicted molar refractivity (Wildman–Crippen MR) is 107 cm³/mol. The first-order valence-electron chi connectivity index (χ1n) is 8.32. The van der Waals surface area contributed by atoms with Crippen LogP contribution in [0.4, 0.5) is 5.69 Å². The van der Waals surface area contributed by atoms with Crippen molar-refractivity contribution in [1.29, 1.82) is 0 Å². The molecule has 1 aromatic carbocycles. The molecule has 1 aliphatic rings. The van der Waals surface area contributed by atoms with Crippen LogP contribution in [0.25, 0.3) is 0 Å². The van der Waals surface area contributed by atoms with Crippen LogP contribution in [0.1, 0.15) is 33.3 Å². The van der Waals surface area contributed by atoms with Crippen LogP contribution >= 0.6 is 24.2 Å². The van der Waals surface area contributed by atoms with Gasteiger partial charge in [0.05, 0.1) is 5.88 Å². The molecule has 1 atom stereocenters. The molecule has 1 heterocycles. The van der Waals surface area contributed by atoms with Crippen LogP contribution in [0.3, 0.4) is 0 Å². The van der Waals surface area contributed by atoms with E-state index in [9.17, 15) is 9.59 Å². The van der Waals surface area contributed by atoms with E-state index in [-0.39, 0.29) is 24.2 Å². The number of hydrogen-bond acceptors (Lipinski definition) is 4. The van der Waals surface area contributed by atoms with Gasteiger partial charge in [-0.3, -0.25) is 9.59 Å². The molecule has 1 fully saturated rings. The molecule has 0 aliphatic carbocycles. The number of anilines is 1. The average molecular weight is 386 g/mol. The van der Waals surface area contributed by atoms with Crippen molar-refractivity contribution in [2.45, 2.75) is 40.3 Å². The second kappa shape index (κ2) is 9.46. The zero-order valence-electron chi connectivity index (χ0n) is 15.3. The van der Waals surface area contributed by atoms with Gasteiger partial charge in [-0.1, -0.05) is 39.8 Å². The molecule has 1 aliphatic heterocycles. The van der Waals surface area contributed by atoms with Gasteiger partial charge in [0.2, 0.25) is 11.8 Å². The summed E-state index contributed by atoms with van der Waals surface area (Å²) < 4.78 is 0. The summed E-state index contributed by atoms with van der Waals surface area (Å²) >= 11 is 1.62. The van der Waals surface area contributed by atoms with Crippen molar-refractivity contribution in [3.8, 4) is 0 Å². The maximum absolute atomic E-state index is 12.6. The molecule has 2 rings (SSSR count). The fourth-order valence-corrected chi connectivity index (χ4v) is 3.70. The van der Waals surface area contributed by atoms with E-state index >= 15 is 0 Å². The topological polar surface area (TPSA) is 61.4 Å². The van der Waals surface area contributed by atoms with Gasteiger partial charge < -0.3 is 15.5 Å². The van der Waals surface area contributed by atoms with Gasteiger partial charge in [0, 0.05) is 23.4 Å².